The minimum atomic E-state index is -0.599. The third-order valence-corrected chi connectivity index (χ3v) is 2.64. The van der Waals surface area contributed by atoms with E-state index in [0.29, 0.717) is 16.3 Å². The Labute approximate surface area is 115 Å². The number of halogens is 1. The fourth-order valence-electron chi connectivity index (χ4n) is 1.43. The zero-order chi connectivity index (χ0) is 13.8. The Hall–Kier alpha value is -2.20. The number of aromatic nitrogens is 1. The van der Waals surface area contributed by atoms with Gasteiger partial charge in [0.15, 0.2) is 5.78 Å². The van der Waals surface area contributed by atoms with Crippen LogP contribution in [0, 0.1) is 0 Å². The highest BCUT2D eigenvalue weighted by molar-refractivity contribution is 6.30. The summed E-state index contributed by atoms with van der Waals surface area (Å²) in [4.78, 5) is 26.7. The van der Waals surface area contributed by atoms with Crippen LogP contribution in [0.2, 0.25) is 5.02 Å². The maximum Gasteiger partial charge on any atom is 0.362 e. The van der Waals surface area contributed by atoms with Gasteiger partial charge in [-0.05, 0) is 43.3 Å². The number of pyridine rings is 1. The van der Waals surface area contributed by atoms with Crippen LogP contribution in [0.4, 0.5) is 0 Å². The number of ketones is 1. The first kappa shape index (κ1) is 13.2. The van der Waals surface area contributed by atoms with Gasteiger partial charge < -0.3 is 4.74 Å². The van der Waals surface area contributed by atoms with E-state index in [0.717, 1.165) is 0 Å². The predicted octanol–water partition coefficient (Wildman–Crippen LogP) is 3.16. The van der Waals surface area contributed by atoms with Crippen molar-refractivity contribution in [1.82, 2.24) is 4.98 Å². The van der Waals surface area contributed by atoms with Crippen LogP contribution < -0.4 is 4.74 Å². The number of esters is 1. The van der Waals surface area contributed by atoms with Gasteiger partial charge in [-0.1, -0.05) is 11.6 Å². The molecule has 0 bridgehead atoms. The average molecular weight is 276 g/mol. The van der Waals surface area contributed by atoms with Gasteiger partial charge in [0.1, 0.15) is 11.4 Å². The van der Waals surface area contributed by atoms with E-state index in [1.54, 1.807) is 30.3 Å². The van der Waals surface area contributed by atoms with Crippen LogP contribution in [-0.4, -0.2) is 16.7 Å². The van der Waals surface area contributed by atoms with Crippen molar-refractivity contribution in [2.45, 2.75) is 6.92 Å². The van der Waals surface area contributed by atoms with Crippen molar-refractivity contribution in [3.05, 3.63) is 58.9 Å². The highest BCUT2D eigenvalue weighted by Gasteiger charge is 2.10. The molecule has 1 aromatic heterocycles. The molecule has 19 heavy (non-hydrogen) atoms. The summed E-state index contributed by atoms with van der Waals surface area (Å²) in [5, 5.41) is 0.411. The Morgan fingerprint density at radius 3 is 2.42 bits per heavy atom. The molecule has 0 aliphatic rings. The maximum absolute atomic E-state index is 11.8. The molecule has 0 saturated carbocycles. The minimum absolute atomic E-state index is 0.0469. The summed E-state index contributed by atoms with van der Waals surface area (Å²) in [5.41, 5.74) is 0.684. The van der Waals surface area contributed by atoms with Crippen molar-refractivity contribution < 1.29 is 14.3 Å². The molecule has 2 aromatic rings. The van der Waals surface area contributed by atoms with Crippen LogP contribution in [-0.2, 0) is 0 Å². The normalized spacial score (nSPS) is 10.0. The minimum Gasteiger partial charge on any atom is -0.422 e. The van der Waals surface area contributed by atoms with Gasteiger partial charge in [0.25, 0.3) is 0 Å². The van der Waals surface area contributed by atoms with Crippen LogP contribution in [0.25, 0.3) is 0 Å². The summed E-state index contributed by atoms with van der Waals surface area (Å²) < 4.78 is 5.12. The number of hydrogen-bond donors (Lipinski definition) is 0. The topological polar surface area (TPSA) is 56.3 Å². The first-order valence-corrected chi connectivity index (χ1v) is 5.89. The molecule has 0 saturated heterocycles. The smallest absolute Gasteiger partial charge is 0.362 e. The van der Waals surface area contributed by atoms with Gasteiger partial charge in [0.2, 0.25) is 0 Å². The second-order valence-corrected chi connectivity index (χ2v) is 4.27. The molecule has 2 rings (SSSR count). The second kappa shape index (κ2) is 5.63. The zero-order valence-electron chi connectivity index (χ0n) is 10.1. The SMILES string of the molecule is CC(=O)c1ccc(OC(=O)c2cc(Cl)ccn2)cc1. The van der Waals surface area contributed by atoms with Crippen molar-refractivity contribution in [3.63, 3.8) is 0 Å². The van der Waals surface area contributed by atoms with Crippen LogP contribution in [0.3, 0.4) is 0 Å². The van der Waals surface area contributed by atoms with Crippen LogP contribution in [0.15, 0.2) is 42.6 Å². The molecule has 1 aromatic carbocycles. The molecule has 0 fully saturated rings. The third-order valence-electron chi connectivity index (χ3n) is 2.40. The molecule has 0 aliphatic heterocycles. The Morgan fingerprint density at radius 1 is 1.16 bits per heavy atom. The van der Waals surface area contributed by atoms with Gasteiger partial charge in [-0.25, -0.2) is 9.78 Å². The number of rotatable bonds is 3. The van der Waals surface area contributed by atoms with Gasteiger partial charge in [0.05, 0.1) is 0 Å². The molecule has 0 amide bonds. The number of hydrogen-bond acceptors (Lipinski definition) is 4. The molecule has 0 unspecified atom stereocenters. The predicted molar refractivity (Wildman–Crippen MR) is 70.7 cm³/mol. The zero-order valence-corrected chi connectivity index (χ0v) is 10.8. The molecular weight excluding hydrogens is 266 g/mol. The van der Waals surface area contributed by atoms with Crippen molar-refractivity contribution in [3.8, 4) is 5.75 Å². The fraction of sp³-hybridized carbons (Fsp3) is 0.0714. The van der Waals surface area contributed by atoms with E-state index < -0.39 is 5.97 Å². The quantitative estimate of drug-likeness (QED) is 0.490. The van der Waals surface area contributed by atoms with Crippen molar-refractivity contribution in [1.29, 1.82) is 0 Å². The molecule has 1 heterocycles. The van der Waals surface area contributed by atoms with Crippen LogP contribution >= 0.6 is 11.6 Å². The number of nitrogens with zero attached hydrogens (tertiary/aromatic N) is 1. The summed E-state index contributed by atoms with van der Waals surface area (Å²) in [6.07, 6.45) is 1.43. The monoisotopic (exact) mass is 275 g/mol. The molecule has 0 aliphatic carbocycles. The Bertz CT molecular complexity index is 623. The highest BCUT2D eigenvalue weighted by Crippen LogP contribution is 2.15. The van der Waals surface area contributed by atoms with Gasteiger partial charge in [-0.15, -0.1) is 0 Å². The van der Waals surface area contributed by atoms with Crippen molar-refractivity contribution in [2.75, 3.05) is 0 Å². The van der Waals surface area contributed by atoms with Gasteiger partial charge in [-0.3, -0.25) is 4.79 Å². The highest BCUT2D eigenvalue weighted by atomic mass is 35.5. The second-order valence-electron chi connectivity index (χ2n) is 3.83. The van der Waals surface area contributed by atoms with Crippen molar-refractivity contribution >= 4 is 23.4 Å². The Balaban J connectivity index is 2.13. The molecule has 4 nitrogen and oxygen atoms in total. The lowest BCUT2D eigenvalue weighted by Crippen LogP contribution is -2.10. The first-order valence-electron chi connectivity index (χ1n) is 5.51. The lowest BCUT2D eigenvalue weighted by molar-refractivity contribution is 0.0728. The summed E-state index contributed by atoms with van der Waals surface area (Å²) in [7, 11) is 0. The molecule has 0 N–H and O–H groups in total. The molecule has 0 atom stereocenters. The fourth-order valence-corrected chi connectivity index (χ4v) is 1.59. The lowest BCUT2D eigenvalue weighted by atomic mass is 10.1. The van der Waals surface area contributed by atoms with Crippen LogP contribution in [0.1, 0.15) is 27.8 Å². The van der Waals surface area contributed by atoms with E-state index in [1.807, 2.05) is 0 Å². The van der Waals surface area contributed by atoms with E-state index in [2.05, 4.69) is 4.98 Å². The van der Waals surface area contributed by atoms with Gasteiger partial charge >= 0.3 is 5.97 Å². The standard InChI is InChI=1S/C14H10ClNO3/c1-9(17)10-2-4-12(5-3-10)19-14(18)13-8-11(15)6-7-16-13/h2-8H,1H3. The Morgan fingerprint density at radius 2 is 1.84 bits per heavy atom. The Kier molecular flexibility index (Phi) is 3.92. The average Bonchev–Trinajstić information content (AvgIpc) is 2.39. The summed E-state index contributed by atoms with van der Waals surface area (Å²) >= 11 is 5.76. The van der Waals surface area contributed by atoms with E-state index >= 15 is 0 Å². The molecule has 0 spiro atoms. The number of Topliss-reactive ketones (excluding diaryl/α,β-unsaturated/α-hetero) is 1. The third kappa shape index (κ3) is 3.39. The van der Waals surface area contributed by atoms with Crippen molar-refractivity contribution in [2.24, 2.45) is 0 Å². The largest absolute Gasteiger partial charge is 0.422 e. The maximum atomic E-state index is 11.8. The van der Waals surface area contributed by atoms with Gasteiger partial charge in [-0.2, -0.15) is 0 Å². The van der Waals surface area contributed by atoms with E-state index in [1.165, 1.54) is 19.2 Å². The van der Waals surface area contributed by atoms with Crippen LogP contribution in [0.5, 0.6) is 5.75 Å². The number of carbonyl (C=O) groups excluding carboxylic acids is 2. The molecule has 5 heteroatoms. The summed E-state index contributed by atoms with van der Waals surface area (Å²) in [6.45, 7) is 1.47. The number of carbonyl (C=O) groups is 2. The first-order chi connectivity index (χ1) is 9.06. The van der Waals surface area contributed by atoms with E-state index in [4.69, 9.17) is 16.3 Å². The van der Waals surface area contributed by atoms with E-state index in [-0.39, 0.29) is 11.5 Å². The molecule has 0 radical (unpaired) electrons. The lowest BCUT2D eigenvalue weighted by Gasteiger charge is -2.04. The summed E-state index contributed by atoms with van der Waals surface area (Å²) in [5.74, 6) is -0.302. The van der Waals surface area contributed by atoms with E-state index in [9.17, 15) is 9.59 Å². The molecule has 96 valence electrons. The number of benzene rings is 1. The number of ether oxygens (including phenoxy) is 1. The summed E-state index contributed by atoms with van der Waals surface area (Å²) in [6, 6.07) is 9.29. The molecular formula is C14H10ClNO3. The van der Waals surface area contributed by atoms with Gasteiger partial charge in [0, 0.05) is 16.8 Å².